The normalized spacial score (nSPS) is 10.3. The number of nitrogens with two attached hydrogens (primary N) is 1. The lowest BCUT2D eigenvalue weighted by Gasteiger charge is -2.05. The first-order valence-corrected chi connectivity index (χ1v) is 4.97. The topological polar surface area (TPSA) is 48.1 Å². The molecule has 1 aromatic carbocycles. The first-order valence-electron chi connectivity index (χ1n) is 4.97. The Morgan fingerprint density at radius 2 is 1.94 bits per heavy atom. The van der Waals surface area contributed by atoms with Crippen molar-refractivity contribution in [3.63, 3.8) is 0 Å². The van der Waals surface area contributed by atoms with Gasteiger partial charge in [-0.05, 0) is 23.8 Å². The van der Waals surface area contributed by atoms with Gasteiger partial charge >= 0.3 is 0 Å². The number of hydrogen-bond donors (Lipinski definition) is 1. The molecule has 0 aliphatic heterocycles. The summed E-state index contributed by atoms with van der Waals surface area (Å²) in [5, 5.41) is 0. The third-order valence-corrected chi connectivity index (χ3v) is 2.15. The second-order valence-corrected chi connectivity index (χ2v) is 3.38. The third kappa shape index (κ3) is 2.76. The summed E-state index contributed by atoms with van der Waals surface area (Å²) in [6.45, 7) is 0.358. The second-order valence-electron chi connectivity index (χ2n) is 3.38. The Hall–Kier alpha value is -2.01. The third-order valence-electron chi connectivity index (χ3n) is 2.15. The van der Waals surface area contributed by atoms with E-state index in [4.69, 9.17) is 10.5 Å². The number of benzene rings is 1. The smallest absolute Gasteiger partial charge is 0.219 e. The van der Waals surface area contributed by atoms with Gasteiger partial charge in [0.25, 0.3) is 0 Å². The lowest BCUT2D eigenvalue weighted by atomic mass is 10.3. The highest BCUT2D eigenvalue weighted by molar-refractivity contribution is 5.29. The van der Waals surface area contributed by atoms with Crippen molar-refractivity contribution in [2.24, 2.45) is 5.73 Å². The summed E-state index contributed by atoms with van der Waals surface area (Å²) in [4.78, 5) is 3.94. The van der Waals surface area contributed by atoms with E-state index in [-0.39, 0.29) is 5.75 Å². The van der Waals surface area contributed by atoms with Crippen LogP contribution in [0.1, 0.15) is 5.56 Å². The number of nitrogens with zero attached hydrogens (tertiary/aromatic N) is 1. The van der Waals surface area contributed by atoms with Gasteiger partial charge in [0.15, 0.2) is 11.6 Å². The van der Waals surface area contributed by atoms with Gasteiger partial charge in [0.2, 0.25) is 5.88 Å². The largest absolute Gasteiger partial charge is 0.439 e. The van der Waals surface area contributed by atoms with Crippen molar-refractivity contribution in [1.29, 1.82) is 0 Å². The number of pyridine rings is 1. The van der Waals surface area contributed by atoms with Crippen LogP contribution in [0.4, 0.5) is 8.78 Å². The molecule has 0 saturated heterocycles. The van der Waals surface area contributed by atoms with Crippen LogP contribution in [0.15, 0.2) is 36.5 Å². The monoisotopic (exact) mass is 236 g/mol. The zero-order chi connectivity index (χ0) is 12.3. The molecule has 2 rings (SSSR count). The highest BCUT2D eigenvalue weighted by atomic mass is 19.2. The molecule has 0 atom stereocenters. The van der Waals surface area contributed by atoms with Gasteiger partial charge < -0.3 is 10.5 Å². The highest BCUT2D eigenvalue weighted by Crippen LogP contribution is 2.21. The summed E-state index contributed by atoms with van der Waals surface area (Å²) < 4.78 is 30.9. The molecule has 2 aromatic rings. The van der Waals surface area contributed by atoms with Gasteiger partial charge in [0.05, 0.1) is 0 Å². The van der Waals surface area contributed by atoms with E-state index in [0.29, 0.717) is 12.4 Å². The maximum Gasteiger partial charge on any atom is 0.219 e. The second kappa shape index (κ2) is 4.88. The van der Waals surface area contributed by atoms with Gasteiger partial charge in [-0.2, -0.15) is 0 Å². The molecular weight excluding hydrogens is 226 g/mol. The Morgan fingerprint density at radius 1 is 1.12 bits per heavy atom. The van der Waals surface area contributed by atoms with Crippen molar-refractivity contribution >= 4 is 0 Å². The summed E-state index contributed by atoms with van der Waals surface area (Å²) in [7, 11) is 0. The quantitative estimate of drug-likeness (QED) is 0.891. The van der Waals surface area contributed by atoms with Crippen molar-refractivity contribution in [2.45, 2.75) is 6.54 Å². The molecule has 0 bridgehead atoms. The predicted molar refractivity (Wildman–Crippen MR) is 58.6 cm³/mol. The highest BCUT2D eigenvalue weighted by Gasteiger charge is 2.05. The molecule has 0 aliphatic carbocycles. The fraction of sp³-hybridized carbons (Fsp3) is 0.0833. The van der Waals surface area contributed by atoms with Crippen LogP contribution in [-0.4, -0.2) is 4.98 Å². The predicted octanol–water partition coefficient (Wildman–Crippen LogP) is 2.61. The van der Waals surface area contributed by atoms with E-state index in [1.165, 1.54) is 12.3 Å². The van der Waals surface area contributed by atoms with E-state index in [9.17, 15) is 8.78 Å². The molecule has 2 N–H and O–H groups in total. The Labute approximate surface area is 96.9 Å². The van der Waals surface area contributed by atoms with Gasteiger partial charge in [0, 0.05) is 24.9 Å². The van der Waals surface area contributed by atoms with Crippen molar-refractivity contribution in [3.8, 4) is 11.6 Å². The first-order chi connectivity index (χ1) is 8.19. The fourth-order valence-electron chi connectivity index (χ4n) is 1.29. The Balaban J connectivity index is 2.22. The number of hydrogen-bond acceptors (Lipinski definition) is 3. The Morgan fingerprint density at radius 3 is 2.65 bits per heavy atom. The van der Waals surface area contributed by atoms with Crippen LogP contribution in [0.25, 0.3) is 0 Å². The van der Waals surface area contributed by atoms with Crippen LogP contribution in [0.5, 0.6) is 11.6 Å². The summed E-state index contributed by atoms with van der Waals surface area (Å²) in [6.07, 6.45) is 1.54. The van der Waals surface area contributed by atoms with E-state index in [2.05, 4.69) is 4.98 Å². The molecule has 3 nitrogen and oxygen atoms in total. The maximum absolute atomic E-state index is 12.9. The minimum Gasteiger partial charge on any atom is -0.439 e. The minimum atomic E-state index is -0.961. The number of halogens is 2. The van der Waals surface area contributed by atoms with E-state index in [1.54, 1.807) is 12.1 Å². The maximum atomic E-state index is 12.9. The van der Waals surface area contributed by atoms with Crippen LogP contribution >= 0.6 is 0 Å². The Bertz CT molecular complexity index is 532. The first kappa shape index (κ1) is 11.5. The molecule has 0 unspecified atom stereocenters. The van der Waals surface area contributed by atoms with Crippen LogP contribution < -0.4 is 10.5 Å². The van der Waals surface area contributed by atoms with Crippen molar-refractivity contribution in [2.75, 3.05) is 0 Å². The minimum absolute atomic E-state index is 0.186. The van der Waals surface area contributed by atoms with Crippen LogP contribution in [0.3, 0.4) is 0 Å². The lowest BCUT2D eigenvalue weighted by Crippen LogP contribution is -1.97. The Kier molecular flexibility index (Phi) is 3.30. The van der Waals surface area contributed by atoms with Crippen LogP contribution in [-0.2, 0) is 6.54 Å². The zero-order valence-corrected chi connectivity index (χ0v) is 8.86. The molecule has 17 heavy (non-hydrogen) atoms. The van der Waals surface area contributed by atoms with E-state index < -0.39 is 11.6 Å². The molecule has 0 amide bonds. The molecule has 1 aromatic heterocycles. The van der Waals surface area contributed by atoms with Gasteiger partial charge in [0.1, 0.15) is 5.75 Å². The molecule has 5 heteroatoms. The van der Waals surface area contributed by atoms with Gasteiger partial charge in [-0.25, -0.2) is 13.8 Å². The molecule has 88 valence electrons. The van der Waals surface area contributed by atoms with E-state index in [0.717, 1.165) is 17.7 Å². The molecule has 0 spiro atoms. The van der Waals surface area contributed by atoms with Gasteiger partial charge in [-0.1, -0.05) is 0 Å². The van der Waals surface area contributed by atoms with Crippen molar-refractivity contribution in [1.82, 2.24) is 4.98 Å². The molecule has 1 heterocycles. The number of rotatable bonds is 3. The summed E-state index contributed by atoms with van der Waals surface area (Å²) in [6, 6.07) is 6.68. The number of ether oxygens (including phenoxy) is 1. The average Bonchev–Trinajstić information content (AvgIpc) is 2.34. The average molecular weight is 236 g/mol. The zero-order valence-electron chi connectivity index (χ0n) is 8.86. The fourth-order valence-corrected chi connectivity index (χ4v) is 1.29. The SMILES string of the molecule is NCc1ccnc(Oc2ccc(F)c(F)c2)c1. The van der Waals surface area contributed by atoms with Gasteiger partial charge in [-0.3, -0.25) is 0 Å². The lowest BCUT2D eigenvalue weighted by molar-refractivity contribution is 0.447. The molecule has 0 aliphatic rings. The van der Waals surface area contributed by atoms with E-state index >= 15 is 0 Å². The molecule has 0 saturated carbocycles. The summed E-state index contributed by atoms with van der Waals surface area (Å²) in [5.74, 6) is -1.40. The summed E-state index contributed by atoms with van der Waals surface area (Å²) >= 11 is 0. The van der Waals surface area contributed by atoms with Crippen LogP contribution in [0.2, 0.25) is 0 Å². The standard InChI is InChI=1S/C12H10F2N2O/c13-10-2-1-9(6-11(10)14)17-12-5-8(7-15)3-4-16-12/h1-6H,7,15H2. The van der Waals surface area contributed by atoms with Crippen molar-refractivity contribution in [3.05, 3.63) is 53.7 Å². The molecule has 0 radical (unpaired) electrons. The molecular formula is C12H10F2N2O. The van der Waals surface area contributed by atoms with Crippen LogP contribution in [0, 0.1) is 11.6 Å². The van der Waals surface area contributed by atoms with E-state index in [1.807, 2.05) is 0 Å². The summed E-state index contributed by atoms with van der Waals surface area (Å²) in [5.41, 5.74) is 6.31. The van der Waals surface area contributed by atoms with Crippen molar-refractivity contribution < 1.29 is 13.5 Å². The van der Waals surface area contributed by atoms with Gasteiger partial charge in [-0.15, -0.1) is 0 Å². The number of aromatic nitrogens is 1. The molecule has 0 fully saturated rings.